The highest BCUT2D eigenvalue weighted by Crippen LogP contribution is 2.31. The zero-order valence-electron chi connectivity index (χ0n) is 9.86. The van der Waals surface area contributed by atoms with Crippen molar-refractivity contribution in [3.05, 3.63) is 22.7 Å². The third-order valence-corrected chi connectivity index (χ3v) is 2.50. The largest absolute Gasteiger partial charge is 0.496 e. The average Bonchev–Trinajstić information content (AvgIpc) is 2.30. The van der Waals surface area contributed by atoms with Crippen LogP contribution in [0.4, 0.5) is 5.69 Å². The summed E-state index contributed by atoms with van der Waals surface area (Å²) in [6.45, 7) is 1.52. The van der Waals surface area contributed by atoms with E-state index in [2.05, 4.69) is 5.32 Å². The minimum Gasteiger partial charge on any atom is -0.496 e. The topological polar surface area (TPSA) is 102 Å². The molecule has 1 rings (SSSR count). The normalized spacial score (nSPS) is 11.8. The van der Waals surface area contributed by atoms with Gasteiger partial charge in [-0.25, -0.2) is 4.79 Å². The lowest BCUT2D eigenvalue weighted by molar-refractivity contribution is -0.117. The Morgan fingerprint density at radius 1 is 1.50 bits per heavy atom. The third kappa shape index (κ3) is 3.12. The predicted molar refractivity (Wildman–Crippen MR) is 67.2 cm³/mol. The molecule has 6 nitrogen and oxygen atoms in total. The molecular weight excluding hydrogens is 260 g/mol. The number of rotatable bonds is 4. The Morgan fingerprint density at radius 3 is 2.56 bits per heavy atom. The maximum atomic E-state index is 11.4. The number of benzene rings is 1. The van der Waals surface area contributed by atoms with E-state index in [1.54, 1.807) is 0 Å². The van der Waals surface area contributed by atoms with Crippen LogP contribution in [0.3, 0.4) is 0 Å². The number of ether oxygens (including phenoxy) is 1. The Morgan fingerprint density at radius 2 is 2.11 bits per heavy atom. The fourth-order valence-electron chi connectivity index (χ4n) is 1.23. The molecule has 0 saturated carbocycles. The van der Waals surface area contributed by atoms with Crippen LogP contribution in [-0.2, 0) is 4.79 Å². The van der Waals surface area contributed by atoms with Crippen LogP contribution in [0.15, 0.2) is 12.1 Å². The van der Waals surface area contributed by atoms with Crippen LogP contribution >= 0.6 is 11.6 Å². The van der Waals surface area contributed by atoms with E-state index >= 15 is 0 Å². The molecule has 18 heavy (non-hydrogen) atoms. The second kappa shape index (κ2) is 5.70. The van der Waals surface area contributed by atoms with Crippen molar-refractivity contribution in [1.82, 2.24) is 0 Å². The van der Waals surface area contributed by atoms with Crippen LogP contribution in [-0.4, -0.2) is 30.1 Å². The monoisotopic (exact) mass is 272 g/mol. The summed E-state index contributed by atoms with van der Waals surface area (Å²) in [5.41, 5.74) is 5.57. The van der Waals surface area contributed by atoms with Crippen LogP contribution in [0.2, 0.25) is 5.02 Å². The van der Waals surface area contributed by atoms with Crippen molar-refractivity contribution in [2.24, 2.45) is 5.73 Å². The first-order valence-electron chi connectivity index (χ1n) is 5.04. The molecule has 0 spiro atoms. The number of amides is 1. The van der Waals surface area contributed by atoms with Gasteiger partial charge in [-0.05, 0) is 13.0 Å². The van der Waals surface area contributed by atoms with Crippen molar-refractivity contribution < 1.29 is 19.4 Å². The minimum atomic E-state index is -1.17. The molecule has 0 saturated heterocycles. The van der Waals surface area contributed by atoms with Gasteiger partial charge in [-0.2, -0.15) is 0 Å². The summed E-state index contributed by atoms with van der Waals surface area (Å²) in [6.07, 6.45) is 0. The first kappa shape index (κ1) is 14.3. The summed E-state index contributed by atoms with van der Waals surface area (Å²) in [5.74, 6) is -1.49. The second-order valence-corrected chi connectivity index (χ2v) is 4.02. The molecule has 0 aliphatic heterocycles. The number of hydrogen-bond acceptors (Lipinski definition) is 4. The number of carbonyl (C=O) groups is 2. The molecule has 1 amide bonds. The lowest BCUT2D eigenvalue weighted by atomic mass is 10.1. The van der Waals surface area contributed by atoms with Crippen LogP contribution in [0.5, 0.6) is 5.75 Å². The molecule has 0 heterocycles. The SMILES string of the molecule is COc1cc(NC(=O)[C@H](C)N)c(Cl)cc1C(=O)O. The molecule has 0 aliphatic rings. The Balaban J connectivity index is 3.15. The van der Waals surface area contributed by atoms with Gasteiger partial charge in [-0.3, -0.25) is 4.79 Å². The Labute approximate surface area is 109 Å². The Hall–Kier alpha value is -1.79. The summed E-state index contributed by atoms with van der Waals surface area (Å²) < 4.78 is 4.92. The number of methoxy groups -OCH3 is 1. The number of nitrogens with two attached hydrogens (primary N) is 1. The maximum absolute atomic E-state index is 11.4. The highest BCUT2D eigenvalue weighted by atomic mass is 35.5. The molecule has 98 valence electrons. The number of carboxylic acids is 1. The van der Waals surface area contributed by atoms with Crippen molar-refractivity contribution in [1.29, 1.82) is 0 Å². The van der Waals surface area contributed by atoms with E-state index in [1.807, 2.05) is 0 Å². The van der Waals surface area contributed by atoms with Gasteiger partial charge in [0, 0.05) is 6.07 Å². The highest BCUT2D eigenvalue weighted by molar-refractivity contribution is 6.34. The molecule has 1 atom stereocenters. The molecule has 1 aromatic carbocycles. The highest BCUT2D eigenvalue weighted by Gasteiger charge is 2.17. The van der Waals surface area contributed by atoms with Gasteiger partial charge >= 0.3 is 5.97 Å². The molecule has 7 heteroatoms. The molecule has 0 bridgehead atoms. The maximum Gasteiger partial charge on any atom is 0.339 e. The fourth-order valence-corrected chi connectivity index (χ4v) is 1.44. The lowest BCUT2D eigenvalue weighted by Gasteiger charge is -2.12. The van der Waals surface area contributed by atoms with Crippen molar-refractivity contribution in [3.8, 4) is 5.75 Å². The third-order valence-electron chi connectivity index (χ3n) is 2.19. The minimum absolute atomic E-state index is 0.0821. The van der Waals surface area contributed by atoms with E-state index in [1.165, 1.54) is 26.2 Å². The zero-order valence-corrected chi connectivity index (χ0v) is 10.6. The summed E-state index contributed by atoms with van der Waals surface area (Å²) >= 11 is 5.88. The van der Waals surface area contributed by atoms with Gasteiger partial charge in [0.05, 0.1) is 23.9 Å². The van der Waals surface area contributed by atoms with E-state index in [9.17, 15) is 9.59 Å². The van der Waals surface area contributed by atoms with Gasteiger partial charge < -0.3 is 20.9 Å². The smallest absolute Gasteiger partial charge is 0.339 e. The fraction of sp³-hybridized carbons (Fsp3) is 0.273. The van der Waals surface area contributed by atoms with Gasteiger partial charge in [-0.1, -0.05) is 11.6 Å². The lowest BCUT2D eigenvalue weighted by Crippen LogP contribution is -2.32. The number of aromatic carboxylic acids is 1. The number of halogens is 1. The van der Waals surface area contributed by atoms with Crippen molar-refractivity contribution in [3.63, 3.8) is 0 Å². The van der Waals surface area contributed by atoms with E-state index in [0.717, 1.165) is 0 Å². The number of anilines is 1. The Kier molecular flexibility index (Phi) is 4.52. The summed E-state index contributed by atoms with van der Waals surface area (Å²) in [5, 5.41) is 11.5. The second-order valence-electron chi connectivity index (χ2n) is 3.62. The first-order chi connectivity index (χ1) is 8.36. The summed E-state index contributed by atoms with van der Waals surface area (Å²) in [4.78, 5) is 22.4. The van der Waals surface area contributed by atoms with E-state index in [4.69, 9.17) is 27.2 Å². The van der Waals surface area contributed by atoms with Gasteiger partial charge in [0.1, 0.15) is 11.3 Å². The molecule has 4 N–H and O–H groups in total. The molecule has 0 unspecified atom stereocenters. The van der Waals surface area contributed by atoms with E-state index in [0.29, 0.717) is 0 Å². The van der Waals surface area contributed by atoms with Crippen LogP contribution < -0.4 is 15.8 Å². The van der Waals surface area contributed by atoms with E-state index < -0.39 is 17.9 Å². The molecule has 0 radical (unpaired) electrons. The van der Waals surface area contributed by atoms with Crippen LogP contribution in [0.1, 0.15) is 17.3 Å². The van der Waals surface area contributed by atoms with Gasteiger partial charge in [0.15, 0.2) is 0 Å². The number of hydrogen-bond donors (Lipinski definition) is 3. The van der Waals surface area contributed by atoms with Crippen molar-refractivity contribution >= 4 is 29.2 Å². The van der Waals surface area contributed by atoms with E-state index in [-0.39, 0.29) is 22.0 Å². The zero-order chi connectivity index (χ0) is 13.9. The van der Waals surface area contributed by atoms with Gasteiger partial charge in [0.2, 0.25) is 5.91 Å². The molecule has 1 aromatic rings. The number of carbonyl (C=O) groups excluding carboxylic acids is 1. The first-order valence-corrected chi connectivity index (χ1v) is 5.42. The quantitative estimate of drug-likeness (QED) is 0.767. The van der Waals surface area contributed by atoms with Crippen LogP contribution in [0.25, 0.3) is 0 Å². The van der Waals surface area contributed by atoms with Crippen molar-refractivity contribution in [2.45, 2.75) is 13.0 Å². The molecule has 0 fully saturated rings. The number of carboxylic acid groups (broad SMARTS) is 1. The van der Waals surface area contributed by atoms with Gasteiger partial charge in [0.25, 0.3) is 0 Å². The predicted octanol–water partition coefficient (Wildman–Crippen LogP) is 1.33. The molecule has 0 aromatic heterocycles. The summed E-state index contributed by atoms with van der Waals surface area (Å²) in [7, 11) is 1.33. The van der Waals surface area contributed by atoms with Crippen LogP contribution in [0, 0.1) is 0 Å². The van der Waals surface area contributed by atoms with Crippen molar-refractivity contribution in [2.75, 3.05) is 12.4 Å². The molecular formula is C11H13ClN2O4. The standard InChI is InChI=1S/C11H13ClN2O4/c1-5(13)10(15)14-8-4-9(18-2)6(11(16)17)3-7(8)12/h3-5H,13H2,1-2H3,(H,14,15)(H,16,17)/t5-/m0/s1. The summed E-state index contributed by atoms with van der Waals surface area (Å²) in [6, 6.07) is 1.84. The number of nitrogens with one attached hydrogen (secondary N) is 1. The average molecular weight is 273 g/mol. The van der Waals surface area contributed by atoms with Gasteiger partial charge in [-0.15, -0.1) is 0 Å². The Bertz CT molecular complexity index is 488. The molecule has 0 aliphatic carbocycles.